The number of nitrogens with one attached hydrogen (secondary N) is 9. The van der Waals surface area contributed by atoms with Crippen LogP contribution in [0.15, 0.2) is 42.5 Å². The molecule has 10 amide bonds. The average molecular weight is 1970 g/mol. The summed E-state index contributed by atoms with van der Waals surface area (Å²) in [6, 6.07) is -5.92. The first-order valence-electron chi connectivity index (χ1n) is 43.8. The second-order valence-electron chi connectivity index (χ2n) is 33.4. The summed E-state index contributed by atoms with van der Waals surface area (Å²) < 4.78 is 0. The highest BCUT2D eigenvalue weighted by Crippen LogP contribution is 2.28. The number of rotatable bonds is 41. The van der Waals surface area contributed by atoms with Gasteiger partial charge >= 0.3 is 53.7 Å². The maximum atomic E-state index is 15.3. The van der Waals surface area contributed by atoms with Crippen molar-refractivity contribution < 1.29 is 152 Å². The van der Waals surface area contributed by atoms with Crippen molar-refractivity contribution in [3.63, 3.8) is 0 Å². The summed E-state index contributed by atoms with van der Waals surface area (Å²) in [4.78, 5) is 269. The van der Waals surface area contributed by atoms with Gasteiger partial charge < -0.3 is 114 Å². The third-order valence-corrected chi connectivity index (χ3v) is 25.2. The largest absolute Gasteiger partial charge is 0.508 e. The van der Waals surface area contributed by atoms with Crippen molar-refractivity contribution in [3.05, 3.63) is 58.6 Å². The quantitative estimate of drug-likeness (QED) is 0.0276. The second kappa shape index (κ2) is 57.5. The Hall–Kier alpha value is -11.4. The van der Waals surface area contributed by atoms with Gasteiger partial charge in [0, 0.05) is 174 Å². The molecule has 49 nitrogen and oxygen atoms in total. The number of carboxylic acids is 9. The number of carbonyl (C=O) groups excluding carboxylic acids is 10. The number of hydrogen-bond acceptors (Lipinski definition) is 32. The average Bonchev–Trinajstić information content (AvgIpc) is 1.69. The molecule has 6 rings (SSSR count). The van der Waals surface area contributed by atoms with Crippen molar-refractivity contribution >= 4 is 146 Å². The zero-order valence-electron chi connectivity index (χ0n) is 74.8. The van der Waals surface area contributed by atoms with Gasteiger partial charge in [-0.25, -0.2) is 0 Å². The lowest BCUT2D eigenvalue weighted by molar-refractivity contribution is -0.145. The monoisotopic (exact) mass is 1970 g/mol. The van der Waals surface area contributed by atoms with E-state index in [0.717, 1.165) is 26.5 Å². The highest BCUT2D eigenvalue weighted by atomic mass is 35.5. The van der Waals surface area contributed by atoms with E-state index >= 15 is 19.2 Å². The van der Waals surface area contributed by atoms with Crippen molar-refractivity contribution in [2.75, 3.05) is 182 Å². The number of amides is 10. The molecule has 4 aliphatic heterocycles. The Morgan fingerprint density at radius 2 is 0.926 bits per heavy atom. The van der Waals surface area contributed by atoms with Crippen LogP contribution in [-0.2, 0) is 104 Å². The van der Waals surface area contributed by atoms with Gasteiger partial charge in [-0.1, -0.05) is 65.2 Å². The smallest absolute Gasteiger partial charge is 0.320 e. The third-order valence-electron chi connectivity index (χ3n) is 22.5. The SMILES string of the molecule is CC(C)C[C@@H]1NC(=O)CNC(=O)[C@H](Cc2ccc(O)c(Cl)c2)NC(=O)[C@@H]2C[C@@H](O)CN2C(=O)C(NC(=O)C(CCC(=O)O)NC(=O)[C@H](Cc2ccc(O)cc2)NC(=O)C(CCNC(=O)CCC(C(=O)O)N2CCN(CC(=O)O)CCN(CC(=O)O)CCN(CC(=O)O)CC2)NC(=O)CCC(C(=O)O)N2CCN(CC(=O)O)CCN(CC(=O)O)CCN(CC(=O)O)CC2)CSSCCNC1=O. The Bertz CT molecular complexity index is 4370. The minimum atomic E-state index is -1.96. The lowest BCUT2D eigenvalue weighted by atomic mass is 10.0. The number of fused-ring (bicyclic) bond motifs is 1. The van der Waals surface area contributed by atoms with Gasteiger partial charge in [-0.15, -0.1) is 0 Å². The van der Waals surface area contributed by atoms with Crippen molar-refractivity contribution in [2.24, 2.45) is 5.92 Å². The highest BCUT2D eigenvalue weighted by Gasteiger charge is 2.44. The van der Waals surface area contributed by atoms with Crippen LogP contribution < -0.4 is 47.9 Å². The topological polar surface area (TPSA) is 705 Å². The first-order chi connectivity index (χ1) is 63.9. The molecular weight excluding hydrogens is 1840 g/mol. The van der Waals surface area contributed by atoms with Gasteiger partial charge in [0.15, 0.2) is 0 Å². The predicted octanol–water partition coefficient (Wildman–Crippen LogP) is -6.13. The normalized spacial score (nSPS) is 21.0. The molecule has 10 atom stereocenters. The third kappa shape index (κ3) is 41.8. The van der Waals surface area contributed by atoms with Crippen LogP contribution in [-0.4, -0.2) is 460 Å². The number of hydrogen-bond donors (Lipinski definition) is 21. The lowest BCUT2D eigenvalue weighted by Crippen LogP contribution is -2.60. The second-order valence-corrected chi connectivity index (χ2v) is 36.5. The molecular formula is C83H123ClN18O31S2. The summed E-state index contributed by atoms with van der Waals surface area (Å²) in [5, 5.41) is 145. The van der Waals surface area contributed by atoms with Crippen LogP contribution in [0.25, 0.3) is 0 Å². The van der Waals surface area contributed by atoms with E-state index in [2.05, 4.69) is 47.9 Å². The Balaban J connectivity index is 1.35. The fraction of sp³-hybridized carbons (Fsp3) is 0.627. The molecule has 135 heavy (non-hydrogen) atoms. The number of aliphatic carboxylic acids is 9. The lowest BCUT2D eigenvalue weighted by Gasteiger charge is -2.35. The van der Waals surface area contributed by atoms with E-state index in [0.29, 0.717) is 0 Å². The zero-order valence-corrected chi connectivity index (χ0v) is 77.2. The number of carbonyl (C=O) groups is 19. The molecule has 2 aromatic rings. The molecule has 4 aliphatic rings. The molecule has 52 heteroatoms. The van der Waals surface area contributed by atoms with Gasteiger partial charge in [0.25, 0.3) is 0 Å². The molecule has 4 saturated heterocycles. The molecule has 0 spiro atoms. The van der Waals surface area contributed by atoms with E-state index < -0.39 is 296 Å². The van der Waals surface area contributed by atoms with E-state index in [1.54, 1.807) is 13.8 Å². The summed E-state index contributed by atoms with van der Waals surface area (Å²) in [7, 11) is 2.04. The van der Waals surface area contributed by atoms with Crippen LogP contribution in [0, 0.1) is 5.92 Å². The molecule has 750 valence electrons. The van der Waals surface area contributed by atoms with Crippen molar-refractivity contribution in [3.8, 4) is 11.5 Å². The Labute approximate surface area is 789 Å². The number of aromatic hydroxyl groups is 2. The van der Waals surface area contributed by atoms with E-state index in [1.807, 2.05) is 0 Å². The van der Waals surface area contributed by atoms with Gasteiger partial charge in [0.2, 0.25) is 59.1 Å². The molecule has 0 radical (unpaired) electrons. The fourth-order valence-corrected chi connectivity index (χ4v) is 17.8. The molecule has 5 unspecified atom stereocenters. The van der Waals surface area contributed by atoms with Crippen molar-refractivity contribution in [1.82, 2.24) is 92.0 Å². The van der Waals surface area contributed by atoms with Crippen LogP contribution in [0.4, 0.5) is 0 Å². The van der Waals surface area contributed by atoms with Gasteiger partial charge in [-0.05, 0) is 73.4 Å². The number of aliphatic hydroxyl groups excluding tert-OH is 1. The van der Waals surface area contributed by atoms with Crippen molar-refractivity contribution in [2.45, 2.75) is 145 Å². The predicted molar refractivity (Wildman–Crippen MR) is 480 cm³/mol. The number of halogens is 1. The summed E-state index contributed by atoms with van der Waals surface area (Å²) >= 11 is 6.23. The highest BCUT2D eigenvalue weighted by molar-refractivity contribution is 8.76. The summed E-state index contributed by atoms with van der Waals surface area (Å²) in [5.74, 6) is -23.1. The van der Waals surface area contributed by atoms with E-state index in [-0.39, 0.29) is 163 Å². The van der Waals surface area contributed by atoms with E-state index in [1.165, 1.54) is 81.7 Å². The molecule has 2 aromatic carbocycles. The van der Waals surface area contributed by atoms with E-state index in [9.17, 15) is 133 Å². The van der Waals surface area contributed by atoms with Gasteiger partial charge in [0.1, 0.15) is 65.9 Å². The molecule has 0 aliphatic carbocycles. The summed E-state index contributed by atoms with van der Waals surface area (Å²) in [6.45, 7) is -2.85. The van der Waals surface area contributed by atoms with Gasteiger partial charge in [-0.3, -0.25) is 130 Å². The molecule has 0 aromatic heterocycles. The Morgan fingerprint density at radius 1 is 0.481 bits per heavy atom. The zero-order chi connectivity index (χ0) is 99.7. The first kappa shape index (κ1) is 112. The minimum absolute atomic E-state index is 0.00999. The molecule has 0 bridgehead atoms. The maximum absolute atomic E-state index is 15.3. The summed E-state index contributed by atoms with van der Waals surface area (Å²) in [5.41, 5.74) is 0.470. The van der Waals surface area contributed by atoms with E-state index in [4.69, 9.17) is 11.6 Å². The molecule has 21 N–H and O–H groups in total. The minimum Gasteiger partial charge on any atom is -0.508 e. The number of phenolic OH excluding ortho intramolecular Hbond substituents is 2. The number of phenols is 2. The Morgan fingerprint density at radius 3 is 1.39 bits per heavy atom. The van der Waals surface area contributed by atoms with Crippen LogP contribution >= 0.6 is 33.2 Å². The summed E-state index contributed by atoms with van der Waals surface area (Å²) in [6.07, 6.45) is -7.21. The number of aliphatic hydroxyl groups is 1. The van der Waals surface area contributed by atoms with Gasteiger partial charge in [-0.2, -0.15) is 0 Å². The van der Waals surface area contributed by atoms with Crippen molar-refractivity contribution in [1.29, 1.82) is 0 Å². The Kier molecular flexibility index (Phi) is 47.8. The van der Waals surface area contributed by atoms with Crippen LogP contribution in [0.3, 0.4) is 0 Å². The molecule has 4 fully saturated rings. The standard InChI is InChI=1S/C83H123ClN18O31S2/c1-49(2)35-57-75(123)86-17-34-134-135-48-60(81(129)102-41-53(104)39-63(102)80(128)92-58(76(124)87-40-67(108)89-57)38-51-5-11-64(105)54(84)36-51)93-77(125)55(8-14-68(109)110)90-79(127)59(37-50-3-6-52(103)7-4-50)91-78(126)56(88-66(107)13-10-62(83(132)133)101-32-28-98(46-73(119)120)24-20-95(43-70(113)114)21-25-99(29-33-101)47-74(121)122)15-16-85-65(106)12-9-61(82(130)131)100-30-26-96(44-71(115)116)22-18-94(42-69(111)112)19-23-97(27-31-100)45-72(117)118/h3-7,11,36,49,53,55-63,103-105H,8-10,12-35,37-48H2,1-2H3,(H,85,106)(H,86,123)(H,87,124)(H,88,107)(H,89,108)(H,90,127)(H,91,126)(H,92,128)(H,93,125)(H,109,110)(H,111,112)(H,113,114)(H,115,116)(H,117,118)(H,119,120)(H,121,122)(H,130,131)(H,132,133)/t53-,55?,56?,57+,58+,59+,60?,61?,62?,63+/m1/s1. The number of benzene rings is 2. The number of carboxylic acid groups (broad SMARTS) is 9. The van der Waals surface area contributed by atoms with Crippen LogP contribution in [0.1, 0.15) is 82.8 Å². The van der Waals surface area contributed by atoms with Crippen LogP contribution in [0.2, 0.25) is 5.02 Å². The maximum Gasteiger partial charge on any atom is 0.320 e. The van der Waals surface area contributed by atoms with Gasteiger partial charge in [0.05, 0.1) is 56.9 Å². The first-order valence-corrected chi connectivity index (χ1v) is 46.7. The number of nitrogens with zero attached hydrogens (tertiary/aromatic N) is 9. The molecule has 0 saturated carbocycles. The van der Waals surface area contributed by atoms with Crippen LogP contribution in [0.5, 0.6) is 11.5 Å². The molecule has 4 heterocycles. The fourth-order valence-electron chi connectivity index (χ4n) is 15.5.